The first kappa shape index (κ1) is 22.2. The van der Waals surface area contributed by atoms with Crippen LogP contribution in [0.2, 0.25) is 0 Å². The Balaban J connectivity index is 1.62. The number of halogens is 2. The predicted octanol–water partition coefficient (Wildman–Crippen LogP) is 4.12. The zero-order valence-corrected chi connectivity index (χ0v) is 19.4. The van der Waals surface area contributed by atoms with Crippen molar-refractivity contribution >= 4 is 34.5 Å². The maximum absolute atomic E-state index is 14.1. The average molecular weight is 509 g/mol. The molecule has 3 aliphatic rings. The van der Waals surface area contributed by atoms with E-state index in [-0.39, 0.29) is 51.8 Å². The van der Waals surface area contributed by atoms with Gasteiger partial charge in [-0.15, -0.1) is 0 Å². The molecule has 0 aromatic heterocycles. The number of hydrogen-bond acceptors (Lipinski definition) is 3. The number of nitrogens with one attached hydrogen (secondary N) is 1. The van der Waals surface area contributed by atoms with Gasteiger partial charge in [0.1, 0.15) is 6.17 Å². The van der Waals surface area contributed by atoms with Crippen molar-refractivity contribution in [3.8, 4) is 0 Å². The Morgan fingerprint density at radius 1 is 1.14 bits per heavy atom. The summed E-state index contributed by atoms with van der Waals surface area (Å²) in [6.07, 6.45) is 2.19. The van der Waals surface area contributed by atoms with Crippen molar-refractivity contribution in [2.45, 2.75) is 94.1 Å². The zero-order valence-electron chi connectivity index (χ0n) is 17.2. The molecule has 0 aromatic carbocycles. The van der Waals surface area contributed by atoms with Crippen LogP contribution in [-0.2, 0) is 14.3 Å². The number of amides is 1. The molecule has 3 rings (SSSR count). The summed E-state index contributed by atoms with van der Waals surface area (Å²) in [6, 6.07) is -0.266. The molecule has 1 amide bonds. The summed E-state index contributed by atoms with van der Waals surface area (Å²) >= 11 is 2.43. The molecular formula is C21H33FINO4. The second-order valence-corrected chi connectivity index (χ2v) is 11.9. The Labute approximate surface area is 180 Å². The van der Waals surface area contributed by atoms with Gasteiger partial charge >= 0.3 is 5.97 Å². The third-order valence-corrected chi connectivity index (χ3v) is 8.17. The normalized spacial score (nSPS) is 42.3. The first-order valence-corrected chi connectivity index (χ1v) is 11.6. The monoisotopic (exact) mass is 509 g/mol. The number of carboxylic acid groups (broad SMARTS) is 1. The van der Waals surface area contributed by atoms with E-state index in [9.17, 15) is 14.0 Å². The lowest BCUT2D eigenvalue weighted by Crippen LogP contribution is -2.57. The molecule has 28 heavy (non-hydrogen) atoms. The first-order valence-electron chi connectivity index (χ1n) is 10.4. The van der Waals surface area contributed by atoms with Crippen LogP contribution < -0.4 is 5.32 Å². The quantitative estimate of drug-likeness (QED) is 0.444. The van der Waals surface area contributed by atoms with Gasteiger partial charge in [-0.2, -0.15) is 0 Å². The lowest BCUT2D eigenvalue weighted by atomic mass is 9.61. The standard InChI is InChI=1S/C21H33FINO4/c1-20(2)10-21(3,4)28-17-14(20)7-11(8-16(17)23)18(25)24-12-5-6-13(19(26)27)15(22)9-12/h11-17H,5-10H2,1-4H3,(H,24,25)(H,26,27). The number of alkyl halides is 2. The van der Waals surface area contributed by atoms with Crippen molar-refractivity contribution in [3.63, 3.8) is 0 Å². The second kappa shape index (κ2) is 8.00. The molecule has 0 spiro atoms. The Bertz CT molecular complexity index is 626. The molecule has 0 aromatic rings. The van der Waals surface area contributed by atoms with E-state index in [4.69, 9.17) is 9.84 Å². The average Bonchev–Trinajstić information content (AvgIpc) is 2.53. The Morgan fingerprint density at radius 2 is 1.82 bits per heavy atom. The summed E-state index contributed by atoms with van der Waals surface area (Å²) in [5.41, 5.74) is -0.0551. The van der Waals surface area contributed by atoms with Crippen LogP contribution in [0.4, 0.5) is 4.39 Å². The molecule has 2 N–H and O–H groups in total. The molecule has 7 heteroatoms. The summed E-state index contributed by atoms with van der Waals surface area (Å²) in [5, 5.41) is 12.1. The highest BCUT2D eigenvalue weighted by molar-refractivity contribution is 14.1. The van der Waals surface area contributed by atoms with Gasteiger partial charge in [0.2, 0.25) is 5.91 Å². The van der Waals surface area contributed by atoms with E-state index >= 15 is 0 Å². The molecule has 0 bridgehead atoms. The Kier molecular flexibility index (Phi) is 6.36. The van der Waals surface area contributed by atoms with Gasteiger partial charge in [-0.25, -0.2) is 4.39 Å². The van der Waals surface area contributed by atoms with Gasteiger partial charge in [0.25, 0.3) is 0 Å². The van der Waals surface area contributed by atoms with E-state index in [1.165, 1.54) is 0 Å². The highest BCUT2D eigenvalue weighted by Gasteiger charge is 2.53. The maximum atomic E-state index is 14.1. The van der Waals surface area contributed by atoms with Crippen LogP contribution in [0.3, 0.4) is 0 Å². The lowest BCUT2D eigenvalue weighted by Gasteiger charge is -2.55. The molecular weight excluding hydrogens is 476 g/mol. The van der Waals surface area contributed by atoms with Crippen LogP contribution in [-0.4, -0.2) is 44.8 Å². The Hall–Kier alpha value is -0.440. The number of hydrogen-bond donors (Lipinski definition) is 2. The summed E-state index contributed by atoms with van der Waals surface area (Å²) in [7, 11) is 0. The van der Waals surface area contributed by atoms with Gasteiger partial charge in [0.05, 0.1) is 17.6 Å². The van der Waals surface area contributed by atoms with Crippen molar-refractivity contribution in [2.24, 2.45) is 23.2 Å². The molecule has 5 nitrogen and oxygen atoms in total. The summed E-state index contributed by atoms with van der Waals surface area (Å²) in [6.45, 7) is 8.85. The van der Waals surface area contributed by atoms with Crippen LogP contribution >= 0.6 is 22.6 Å². The number of carbonyl (C=O) groups is 2. The van der Waals surface area contributed by atoms with Gasteiger partial charge in [0, 0.05) is 15.9 Å². The van der Waals surface area contributed by atoms with Crippen LogP contribution in [0.25, 0.3) is 0 Å². The summed E-state index contributed by atoms with van der Waals surface area (Å²) in [4.78, 5) is 24.0. The number of carbonyl (C=O) groups excluding carboxylic acids is 1. The van der Waals surface area contributed by atoms with Crippen molar-refractivity contribution in [2.75, 3.05) is 0 Å². The third-order valence-electron chi connectivity index (χ3n) is 6.95. The molecule has 1 saturated heterocycles. The molecule has 160 valence electrons. The molecule has 1 heterocycles. The van der Waals surface area contributed by atoms with Gasteiger partial charge in [-0.05, 0) is 63.7 Å². The molecule has 2 saturated carbocycles. The van der Waals surface area contributed by atoms with E-state index in [1.807, 2.05) is 0 Å². The first-order chi connectivity index (χ1) is 12.9. The van der Waals surface area contributed by atoms with Crippen LogP contribution in [0.5, 0.6) is 0 Å². The van der Waals surface area contributed by atoms with E-state index in [2.05, 4.69) is 55.6 Å². The van der Waals surface area contributed by atoms with Crippen LogP contribution in [0, 0.1) is 23.2 Å². The van der Waals surface area contributed by atoms with Crippen molar-refractivity contribution in [1.29, 1.82) is 0 Å². The highest BCUT2D eigenvalue weighted by Crippen LogP contribution is 2.53. The maximum Gasteiger partial charge on any atom is 0.309 e. The molecule has 3 fully saturated rings. The fraction of sp³-hybridized carbons (Fsp3) is 0.905. The van der Waals surface area contributed by atoms with Gasteiger partial charge in [0.15, 0.2) is 0 Å². The largest absolute Gasteiger partial charge is 0.481 e. The van der Waals surface area contributed by atoms with Crippen molar-refractivity contribution in [3.05, 3.63) is 0 Å². The number of ether oxygens (including phenoxy) is 1. The topological polar surface area (TPSA) is 75.6 Å². The number of rotatable bonds is 3. The molecule has 7 unspecified atom stereocenters. The lowest BCUT2D eigenvalue weighted by molar-refractivity contribution is -0.193. The van der Waals surface area contributed by atoms with E-state index in [0.717, 1.165) is 19.3 Å². The molecule has 7 atom stereocenters. The minimum atomic E-state index is -1.39. The highest BCUT2D eigenvalue weighted by atomic mass is 127. The fourth-order valence-electron chi connectivity index (χ4n) is 5.81. The zero-order chi connectivity index (χ0) is 20.9. The van der Waals surface area contributed by atoms with E-state index < -0.39 is 18.1 Å². The summed E-state index contributed by atoms with van der Waals surface area (Å²) < 4.78 is 20.8. The second-order valence-electron chi connectivity index (χ2n) is 10.3. The fourth-order valence-corrected chi connectivity index (χ4v) is 7.07. The molecule has 1 aliphatic heterocycles. The smallest absolute Gasteiger partial charge is 0.309 e. The predicted molar refractivity (Wildman–Crippen MR) is 113 cm³/mol. The number of carboxylic acids is 1. The summed E-state index contributed by atoms with van der Waals surface area (Å²) in [5.74, 6) is -1.80. The van der Waals surface area contributed by atoms with Crippen LogP contribution in [0.15, 0.2) is 0 Å². The molecule has 0 radical (unpaired) electrons. The van der Waals surface area contributed by atoms with Crippen molar-refractivity contribution < 1.29 is 23.8 Å². The SMILES string of the molecule is CC1(C)CC(C)(C)C2CC(C(=O)NC3CCC(C(=O)O)C(F)C3)CC(I)C2O1. The number of fused-ring (bicyclic) bond motifs is 1. The Morgan fingerprint density at radius 3 is 2.43 bits per heavy atom. The van der Waals surface area contributed by atoms with Crippen LogP contribution in [0.1, 0.15) is 66.2 Å². The molecule has 2 aliphatic carbocycles. The van der Waals surface area contributed by atoms with Gasteiger partial charge in [-0.3, -0.25) is 9.59 Å². The third kappa shape index (κ3) is 4.65. The van der Waals surface area contributed by atoms with E-state index in [1.54, 1.807) is 0 Å². The minimum absolute atomic E-state index is 0.00766. The van der Waals surface area contributed by atoms with Gasteiger partial charge < -0.3 is 15.2 Å². The van der Waals surface area contributed by atoms with E-state index in [0.29, 0.717) is 12.3 Å². The number of aliphatic carboxylic acids is 1. The minimum Gasteiger partial charge on any atom is -0.481 e. The van der Waals surface area contributed by atoms with Crippen molar-refractivity contribution in [1.82, 2.24) is 5.32 Å². The van der Waals surface area contributed by atoms with Gasteiger partial charge in [-0.1, -0.05) is 36.4 Å².